The molecule has 2 rings (SSSR count). The summed E-state index contributed by atoms with van der Waals surface area (Å²) in [6, 6.07) is 10.7. The summed E-state index contributed by atoms with van der Waals surface area (Å²) in [5.74, 6) is 1.59. The highest BCUT2D eigenvalue weighted by atomic mass is 15.2. The van der Waals surface area contributed by atoms with Gasteiger partial charge in [0, 0.05) is 33.7 Å². The molecule has 1 atom stereocenters. The van der Waals surface area contributed by atoms with Crippen LogP contribution >= 0.6 is 0 Å². The predicted molar refractivity (Wildman–Crippen MR) is 80.2 cm³/mol. The molecular formula is C15H24N4. The number of rotatable bonds is 4. The number of benzene rings is 1. The fourth-order valence-electron chi connectivity index (χ4n) is 2.58. The van der Waals surface area contributed by atoms with E-state index in [0.29, 0.717) is 5.92 Å². The van der Waals surface area contributed by atoms with E-state index >= 15 is 0 Å². The van der Waals surface area contributed by atoms with Crippen molar-refractivity contribution >= 4 is 5.96 Å². The molecule has 19 heavy (non-hydrogen) atoms. The van der Waals surface area contributed by atoms with Gasteiger partial charge in [0.05, 0.1) is 0 Å². The van der Waals surface area contributed by atoms with Crippen LogP contribution in [0.5, 0.6) is 0 Å². The van der Waals surface area contributed by atoms with Gasteiger partial charge in [-0.05, 0) is 24.4 Å². The van der Waals surface area contributed by atoms with E-state index in [1.54, 1.807) is 7.05 Å². The monoisotopic (exact) mass is 260 g/mol. The van der Waals surface area contributed by atoms with Crippen LogP contribution in [0, 0.1) is 5.92 Å². The Bertz CT molecular complexity index is 402. The van der Waals surface area contributed by atoms with Crippen LogP contribution < -0.4 is 10.6 Å². The number of hydrogen-bond donors (Lipinski definition) is 2. The molecule has 1 fully saturated rings. The van der Waals surface area contributed by atoms with Gasteiger partial charge < -0.3 is 10.6 Å². The maximum atomic E-state index is 4.14. The van der Waals surface area contributed by atoms with Crippen molar-refractivity contribution in [3.05, 3.63) is 35.9 Å². The fourth-order valence-corrected chi connectivity index (χ4v) is 2.58. The number of likely N-dealkylation sites (tertiary alicyclic amines) is 1. The third kappa shape index (κ3) is 4.24. The first kappa shape index (κ1) is 13.9. The molecule has 104 valence electrons. The Morgan fingerprint density at radius 3 is 2.84 bits per heavy atom. The van der Waals surface area contributed by atoms with Crippen molar-refractivity contribution in [1.82, 2.24) is 15.5 Å². The quantitative estimate of drug-likeness (QED) is 0.633. The van der Waals surface area contributed by atoms with Gasteiger partial charge in [0.15, 0.2) is 5.96 Å². The van der Waals surface area contributed by atoms with Crippen molar-refractivity contribution < 1.29 is 0 Å². The second-order valence-electron chi connectivity index (χ2n) is 5.08. The number of hydrogen-bond acceptors (Lipinski definition) is 2. The van der Waals surface area contributed by atoms with Crippen LogP contribution in [-0.4, -0.2) is 44.6 Å². The summed E-state index contributed by atoms with van der Waals surface area (Å²) in [4.78, 5) is 6.67. The first-order valence-corrected chi connectivity index (χ1v) is 6.96. The predicted octanol–water partition coefficient (Wildman–Crippen LogP) is 1.30. The lowest BCUT2D eigenvalue weighted by Crippen LogP contribution is -2.38. The minimum atomic E-state index is 0.716. The molecular weight excluding hydrogens is 236 g/mol. The Balaban J connectivity index is 1.74. The second kappa shape index (κ2) is 7.14. The van der Waals surface area contributed by atoms with Gasteiger partial charge in [-0.2, -0.15) is 0 Å². The highest BCUT2D eigenvalue weighted by Crippen LogP contribution is 2.17. The van der Waals surface area contributed by atoms with Gasteiger partial charge in [0.1, 0.15) is 0 Å². The molecule has 2 N–H and O–H groups in total. The summed E-state index contributed by atoms with van der Waals surface area (Å²) >= 11 is 0. The number of guanidine groups is 1. The summed E-state index contributed by atoms with van der Waals surface area (Å²) in [6.07, 6.45) is 1.26. The topological polar surface area (TPSA) is 39.7 Å². The molecule has 1 aliphatic heterocycles. The molecule has 0 saturated carbocycles. The molecule has 1 aliphatic rings. The maximum absolute atomic E-state index is 4.14. The van der Waals surface area contributed by atoms with Crippen LogP contribution in [0.2, 0.25) is 0 Å². The second-order valence-corrected chi connectivity index (χ2v) is 5.08. The maximum Gasteiger partial charge on any atom is 0.190 e. The van der Waals surface area contributed by atoms with Crippen molar-refractivity contribution in [2.45, 2.75) is 13.0 Å². The zero-order valence-electron chi connectivity index (χ0n) is 11.9. The largest absolute Gasteiger partial charge is 0.359 e. The van der Waals surface area contributed by atoms with E-state index in [0.717, 1.165) is 19.0 Å². The lowest BCUT2D eigenvalue weighted by atomic mass is 10.1. The molecule has 1 aromatic rings. The molecule has 1 aromatic carbocycles. The molecule has 0 aromatic heterocycles. The average Bonchev–Trinajstić information content (AvgIpc) is 2.89. The normalized spacial score (nSPS) is 20.5. The summed E-state index contributed by atoms with van der Waals surface area (Å²) in [7, 11) is 3.70. The highest BCUT2D eigenvalue weighted by Gasteiger charge is 2.22. The molecule has 0 bridgehead atoms. The van der Waals surface area contributed by atoms with Gasteiger partial charge in [-0.15, -0.1) is 0 Å². The van der Waals surface area contributed by atoms with Crippen molar-refractivity contribution in [2.24, 2.45) is 10.9 Å². The van der Waals surface area contributed by atoms with Crippen LogP contribution in [-0.2, 0) is 6.54 Å². The fraction of sp³-hybridized carbons (Fsp3) is 0.533. The smallest absolute Gasteiger partial charge is 0.190 e. The summed E-state index contributed by atoms with van der Waals surface area (Å²) in [5.41, 5.74) is 1.40. The van der Waals surface area contributed by atoms with Gasteiger partial charge in [-0.1, -0.05) is 30.3 Å². The third-order valence-corrected chi connectivity index (χ3v) is 3.64. The van der Waals surface area contributed by atoms with E-state index in [4.69, 9.17) is 0 Å². The van der Waals surface area contributed by atoms with E-state index in [-0.39, 0.29) is 0 Å². The van der Waals surface area contributed by atoms with Crippen molar-refractivity contribution in [2.75, 3.05) is 33.7 Å². The molecule has 1 unspecified atom stereocenters. The minimum absolute atomic E-state index is 0.716. The van der Waals surface area contributed by atoms with Crippen LogP contribution in [0.3, 0.4) is 0 Å². The van der Waals surface area contributed by atoms with Crippen LogP contribution in [0.25, 0.3) is 0 Å². The molecule has 4 nitrogen and oxygen atoms in total. The first-order chi connectivity index (χ1) is 9.31. The molecule has 1 saturated heterocycles. The van der Waals surface area contributed by atoms with Crippen molar-refractivity contribution in [3.63, 3.8) is 0 Å². The minimum Gasteiger partial charge on any atom is -0.359 e. The summed E-state index contributed by atoms with van der Waals surface area (Å²) < 4.78 is 0. The lowest BCUT2D eigenvalue weighted by Gasteiger charge is -2.17. The van der Waals surface area contributed by atoms with Crippen molar-refractivity contribution in [3.8, 4) is 0 Å². The molecule has 0 spiro atoms. The Kier molecular flexibility index (Phi) is 5.21. The van der Waals surface area contributed by atoms with Gasteiger partial charge >= 0.3 is 0 Å². The molecule has 0 amide bonds. The van der Waals surface area contributed by atoms with Gasteiger partial charge in [-0.3, -0.25) is 9.89 Å². The zero-order chi connectivity index (χ0) is 13.5. The molecule has 0 aliphatic carbocycles. The Labute approximate surface area is 115 Å². The molecule has 1 heterocycles. The number of nitrogens with zero attached hydrogens (tertiary/aromatic N) is 2. The van der Waals surface area contributed by atoms with Gasteiger partial charge in [-0.25, -0.2) is 0 Å². The van der Waals surface area contributed by atoms with Gasteiger partial charge in [0.2, 0.25) is 0 Å². The SMILES string of the molecule is CN=C(NC)NCC1CCN(Cc2ccccc2)C1. The standard InChI is InChI=1S/C15H24N4/c1-16-15(17-2)18-10-14-8-9-19(12-14)11-13-6-4-3-5-7-13/h3-7,14H,8-12H2,1-2H3,(H2,16,17,18). The number of aliphatic imine (C=N–C) groups is 1. The van der Waals surface area contributed by atoms with E-state index in [2.05, 4.69) is 50.9 Å². The van der Waals surface area contributed by atoms with Gasteiger partial charge in [0.25, 0.3) is 0 Å². The summed E-state index contributed by atoms with van der Waals surface area (Å²) in [5, 5.41) is 6.41. The van der Waals surface area contributed by atoms with Crippen molar-refractivity contribution in [1.29, 1.82) is 0 Å². The van der Waals surface area contributed by atoms with E-state index in [1.807, 2.05) is 7.05 Å². The Morgan fingerprint density at radius 2 is 2.16 bits per heavy atom. The Hall–Kier alpha value is -1.55. The van der Waals surface area contributed by atoms with E-state index in [9.17, 15) is 0 Å². The first-order valence-electron chi connectivity index (χ1n) is 6.96. The van der Waals surface area contributed by atoms with E-state index < -0.39 is 0 Å². The summed E-state index contributed by atoms with van der Waals surface area (Å²) in [6.45, 7) is 4.43. The molecule has 0 radical (unpaired) electrons. The average molecular weight is 260 g/mol. The number of nitrogens with one attached hydrogen (secondary N) is 2. The van der Waals surface area contributed by atoms with E-state index in [1.165, 1.54) is 25.1 Å². The molecule has 4 heteroatoms. The third-order valence-electron chi connectivity index (χ3n) is 3.64. The van der Waals surface area contributed by atoms with Crippen LogP contribution in [0.15, 0.2) is 35.3 Å². The lowest BCUT2D eigenvalue weighted by molar-refractivity contribution is 0.316. The van der Waals surface area contributed by atoms with Crippen LogP contribution in [0.4, 0.5) is 0 Å². The zero-order valence-corrected chi connectivity index (χ0v) is 11.9. The highest BCUT2D eigenvalue weighted by molar-refractivity contribution is 5.79. The van der Waals surface area contributed by atoms with Crippen LogP contribution in [0.1, 0.15) is 12.0 Å². The Morgan fingerprint density at radius 1 is 1.37 bits per heavy atom.